The first-order valence-corrected chi connectivity index (χ1v) is 6.93. The van der Waals surface area contributed by atoms with Crippen molar-refractivity contribution in [3.8, 4) is 0 Å². The fraction of sp³-hybridized carbons (Fsp3) is 0.214. The lowest BCUT2D eigenvalue weighted by Gasteiger charge is -2.13. The van der Waals surface area contributed by atoms with E-state index >= 15 is 0 Å². The van der Waals surface area contributed by atoms with Gasteiger partial charge in [-0.1, -0.05) is 0 Å². The number of aromatic carboxylic acids is 1. The molecule has 0 aliphatic heterocycles. The molecular weight excluding hydrogens is 303 g/mol. The number of hydrogen-bond donors (Lipinski definition) is 2. The molecule has 0 aliphatic rings. The maximum absolute atomic E-state index is 12.9. The summed E-state index contributed by atoms with van der Waals surface area (Å²) < 4.78 is 38.6. The van der Waals surface area contributed by atoms with Crippen LogP contribution in [0, 0.1) is 6.92 Å². The SMILES string of the molecule is Cc1cscc1CNc1ccc(C(=O)O)c(C(F)(F)F)c1. The predicted octanol–water partition coefficient (Wildman–Crippen LogP) is 4.39. The summed E-state index contributed by atoms with van der Waals surface area (Å²) >= 11 is 1.52. The van der Waals surface area contributed by atoms with E-state index in [2.05, 4.69) is 5.32 Å². The molecule has 0 saturated heterocycles. The molecule has 0 spiro atoms. The summed E-state index contributed by atoms with van der Waals surface area (Å²) in [7, 11) is 0. The van der Waals surface area contributed by atoms with Crippen molar-refractivity contribution < 1.29 is 23.1 Å². The molecule has 1 heterocycles. The van der Waals surface area contributed by atoms with Crippen LogP contribution in [0.15, 0.2) is 29.0 Å². The van der Waals surface area contributed by atoms with Crippen LogP contribution >= 0.6 is 11.3 Å². The van der Waals surface area contributed by atoms with Crippen LogP contribution in [0.3, 0.4) is 0 Å². The molecule has 7 heteroatoms. The molecule has 2 N–H and O–H groups in total. The molecule has 1 aromatic heterocycles. The van der Waals surface area contributed by atoms with Crippen molar-refractivity contribution in [2.24, 2.45) is 0 Å². The number of hydrogen-bond acceptors (Lipinski definition) is 3. The van der Waals surface area contributed by atoms with Gasteiger partial charge in [-0.25, -0.2) is 4.79 Å². The van der Waals surface area contributed by atoms with E-state index in [4.69, 9.17) is 5.11 Å². The van der Waals surface area contributed by atoms with E-state index in [1.165, 1.54) is 17.4 Å². The van der Waals surface area contributed by atoms with Gasteiger partial charge in [0.2, 0.25) is 0 Å². The first kappa shape index (κ1) is 15.4. The molecule has 0 fully saturated rings. The van der Waals surface area contributed by atoms with Gasteiger partial charge < -0.3 is 10.4 Å². The zero-order valence-corrected chi connectivity index (χ0v) is 11.8. The normalized spacial score (nSPS) is 11.4. The van der Waals surface area contributed by atoms with Gasteiger partial charge in [0.05, 0.1) is 11.1 Å². The van der Waals surface area contributed by atoms with Gasteiger partial charge in [0, 0.05) is 12.2 Å². The van der Waals surface area contributed by atoms with E-state index in [9.17, 15) is 18.0 Å². The molecule has 0 atom stereocenters. The summed E-state index contributed by atoms with van der Waals surface area (Å²) in [6, 6.07) is 3.12. The minimum absolute atomic E-state index is 0.234. The zero-order valence-electron chi connectivity index (χ0n) is 11.0. The number of carboxylic acid groups (broad SMARTS) is 1. The van der Waals surface area contributed by atoms with Gasteiger partial charge in [-0.05, 0) is 47.0 Å². The molecule has 21 heavy (non-hydrogen) atoms. The Morgan fingerprint density at radius 1 is 1.33 bits per heavy atom. The van der Waals surface area contributed by atoms with E-state index in [0.717, 1.165) is 23.3 Å². The van der Waals surface area contributed by atoms with Crippen LogP contribution < -0.4 is 5.32 Å². The van der Waals surface area contributed by atoms with E-state index in [-0.39, 0.29) is 5.69 Å². The van der Waals surface area contributed by atoms with E-state index in [1.807, 2.05) is 17.7 Å². The quantitative estimate of drug-likeness (QED) is 0.880. The Labute approximate surface area is 123 Å². The van der Waals surface area contributed by atoms with Crippen molar-refractivity contribution in [2.75, 3.05) is 5.32 Å². The van der Waals surface area contributed by atoms with Gasteiger partial charge in [-0.2, -0.15) is 24.5 Å². The number of benzene rings is 1. The number of rotatable bonds is 4. The third-order valence-electron chi connectivity index (χ3n) is 3.00. The van der Waals surface area contributed by atoms with Crippen molar-refractivity contribution in [1.82, 2.24) is 0 Å². The average molecular weight is 315 g/mol. The Morgan fingerprint density at radius 2 is 2.05 bits per heavy atom. The Kier molecular flexibility index (Phi) is 4.22. The number of nitrogens with one attached hydrogen (secondary N) is 1. The minimum atomic E-state index is -4.70. The molecule has 0 bridgehead atoms. The van der Waals surface area contributed by atoms with Gasteiger partial charge >= 0.3 is 12.1 Å². The summed E-state index contributed by atoms with van der Waals surface area (Å²) in [6.45, 7) is 2.31. The molecule has 1 aromatic carbocycles. The molecule has 0 unspecified atom stereocenters. The third-order valence-corrected chi connectivity index (χ3v) is 3.91. The molecule has 3 nitrogen and oxygen atoms in total. The maximum Gasteiger partial charge on any atom is 0.417 e. The number of thiophene rings is 1. The number of aryl methyl sites for hydroxylation is 1. The molecule has 2 aromatic rings. The van der Waals surface area contributed by atoms with Crippen LogP contribution in [0.25, 0.3) is 0 Å². The first-order valence-electron chi connectivity index (χ1n) is 5.99. The Morgan fingerprint density at radius 3 is 2.57 bits per heavy atom. The second-order valence-electron chi connectivity index (χ2n) is 4.50. The van der Waals surface area contributed by atoms with E-state index < -0.39 is 23.3 Å². The molecule has 112 valence electrons. The maximum atomic E-state index is 12.9. The highest BCUT2D eigenvalue weighted by Gasteiger charge is 2.35. The topological polar surface area (TPSA) is 49.3 Å². The molecule has 0 radical (unpaired) electrons. The van der Waals surface area contributed by atoms with Crippen LogP contribution in [-0.4, -0.2) is 11.1 Å². The van der Waals surface area contributed by atoms with Gasteiger partial charge in [-0.15, -0.1) is 0 Å². The fourth-order valence-electron chi connectivity index (χ4n) is 1.84. The molecule has 0 amide bonds. The summed E-state index contributed by atoms with van der Waals surface area (Å²) in [5.41, 5.74) is 0.390. The number of carbonyl (C=O) groups is 1. The fourth-order valence-corrected chi connectivity index (χ4v) is 2.70. The summed E-state index contributed by atoms with van der Waals surface area (Å²) in [4.78, 5) is 10.8. The first-order chi connectivity index (χ1) is 9.79. The minimum Gasteiger partial charge on any atom is -0.478 e. The molecule has 0 aliphatic carbocycles. The monoisotopic (exact) mass is 315 g/mol. The van der Waals surface area contributed by atoms with Crippen molar-refractivity contribution >= 4 is 23.0 Å². The Balaban J connectivity index is 2.26. The van der Waals surface area contributed by atoms with Gasteiger partial charge in [0.15, 0.2) is 0 Å². The summed E-state index contributed by atoms with van der Waals surface area (Å²) in [5, 5.41) is 15.6. The summed E-state index contributed by atoms with van der Waals surface area (Å²) in [5.74, 6) is -1.59. The van der Waals surface area contributed by atoms with Crippen molar-refractivity contribution in [3.05, 3.63) is 51.2 Å². The average Bonchev–Trinajstić information content (AvgIpc) is 2.80. The highest BCUT2D eigenvalue weighted by atomic mass is 32.1. The van der Waals surface area contributed by atoms with Crippen molar-refractivity contribution in [1.29, 1.82) is 0 Å². The van der Waals surface area contributed by atoms with Crippen LogP contribution in [0.4, 0.5) is 18.9 Å². The lowest BCUT2D eigenvalue weighted by Crippen LogP contribution is -2.13. The molecule has 2 rings (SSSR count). The lowest BCUT2D eigenvalue weighted by atomic mass is 10.1. The number of carboxylic acids is 1. The van der Waals surface area contributed by atoms with Crippen molar-refractivity contribution in [3.63, 3.8) is 0 Å². The zero-order chi connectivity index (χ0) is 15.6. The third kappa shape index (κ3) is 3.55. The highest BCUT2D eigenvalue weighted by Crippen LogP contribution is 2.34. The predicted molar refractivity (Wildman–Crippen MR) is 74.8 cm³/mol. The van der Waals surface area contributed by atoms with Crippen LogP contribution in [0.1, 0.15) is 27.0 Å². The number of anilines is 1. The second kappa shape index (κ2) is 5.77. The lowest BCUT2D eigenvalue weighted by molar-refractivity contribution is -0.138. The second-order valence-corrected chi connectivity index (χ2v) is 5.24. The van der Waals surface area contributed by atoms with Crippen LogP contribution in [0.2, 0.25) is 0 Å². The summed E-state index contributed by atoms with van der Waals surface area (Å²) in [6.07, 6.45) is -4.70. The standard InChI is InChI=1S/C14H12F3NO2S/c1-8-6-21-7-9(8)5-18-10-2-3-11(13(19)20)12(4-10)14(15,16)17/h2-4,6-7,18H,5H2,1H3,(H,19,20). The van der Waals surface area contributed by atoms with Gasteiger partial charge in [0.1, 0.15) is 0 Å². The number of halogens is 3. The van der Waals surface area contributed by atoms with Crippen LogP contribution in [-0.2, 0) is 12.7 Å². The molecular formula is C14H12F3NO2S. The molecule has 0 saturated carbocycles. The number of alkyl halides is 3. The van der Waals surface area contributed by atoms with Crippen LogP contribution in [0.5, 0.6) is 0 Å². The van der Waals surface area contributed by atoms with Crippen molar-refractivity contribution in [2.45, 2.75) is 19.6 Å². The Hall–Kier alpha value is -2.02. The largest absolute Gasteiger partial charge is 0.478 e. The van der Waals surface area contributed by atoms with Gasteiger partial charge in [0.25, 0.3) is 0 Å². The smallest absolute Gasteiger partial charge is 0.417 e. The van der Waals surface area contributed by atoms with E-state index in [0.29, 0.717) is 6.54 Å². The van der Waals surface area contributed by atoms with E-state index in [1.54, 1.807) is 0 Å². The highest BCUT2D eigenvalue weighted by molar-refractivity contribution is 7.08. The Bertz CT molecular complexity index is 664. The van der Waals surface area contributed by atoms with Gasteiger partial charge in [-0.3, -0.25) is 0 Å².